The molecule has 0 aliphatic rings. The van der Waals surface area contributed by atoms with E-state index < -0.39 is 0 Å². The van der Waals surface area contributed by atoms with Crippen LogP contribution in [0.15, 0.2) is 37.1 Å². The molecule has 0 aliphatic heterocycles. The van der Waals surface area contributed by atoms with Gasteiger partial charge in [0.2, 0.25) is 0 Å². The van der Waals surface area contributed by atoms with Gasteiger partial charge in [0, 0.05) is 0 Å². The smallest absolute Gasteiger partial charge is 0.118 e. The van der Waals surface area contributed by atoms with Crippen LogP contribution in [0, 0.1) is 0 Å². The van der Waals surface area contributed by atoms with Gasteiger partial charge in [-0.15, -0.1) is 0 Å². The van der Waals surface area contributed by atoms with Crippen molar-refractivity contribution in [1.29, 1.82) is 0 Å². The summed E-state index contributed by atoms with van der Waals surface area (Å²) in [5.41, 5.74) is 5.28. The van der Waals surface area contributed by atoms with Crippen LogP contribution in [0.4, 0.5) is 0 Å². The van der Waals surface area contributed by atoms with Crippen molar-refractivity contribution in [2.24, 2.45) is 5.73 Å². The molecule has 11 heavy (non-hydrogen) atoms. The highest BCUT2D eigenvalue weighted by Gasteiger charge is 1.88. The van der Waals surface area contributed by atoms with Crippen molar-refractivity contribution in [1.82, 2.24) is 0 Å². The summed E-state index contributed by atoms with van der Waals surface area (Å²) in [7, 11) is 0. The molecule has 0 heterocycles. The summed E-state index contributed by atoms with van der Waals surface area (Å²) >= 11 is 0. The van der Waals surface area contributed by atoms with Crippen molar-refractivity contribution in [2.45, 2.75) is 6.42 Å². The first-order chi connectivity index (χ1) is 5.35. The van der Waals surface area contributed by atoms with Crippen LogP contribution in [0.25, 0.3) is 0 Å². The van der Waals surface area contributed by atoms with Gasteiger partial charge in [0.25, 0.3) is 0 Å². The van der Waals surface area contributed by atoms with E-state index in [1.807, 2.05) is 0 Å². The maximum Gasteiger partial charge on any atom is 0.118 e. The summed E-state index contributed by atoms with van der Waals surface area (Å²) in [6.07, 6.45) is 5.95. The Bertz CT molecular complexity index is 150. The summed E-state index contributed by atoms with van der Waals surface area (Å²) in [5, 5.41) is 0. The Morgan fingerprint density at radius 3 is 2.64 bits per heavy atom. The highest BCUT2D eigenvalue weighted by atomic mass is 16.5. The summed E-state index contributed by atoms with van der Waals surface area (Å²) < 4.78 is 5.26. The molecule has 2 N–H and O–H groups in total. The average Bonchev–Trinajstić information content (AvgIpc) is 2.03. The van der Waals surface area contributed by atoms with Crippen LogP contribution in [0.3, 0.4) is 0 Å². The molecule has 0 fully saturated rings. The molecule has 2 heteroatoms. The summed E-state index contributed by atoms with van der Waals surface area (Å²) in [4.78, 5) is 0. The third-order valence-electron chi connectivity index (χ3n) is 1.10. The third kappa shape index (κ3) is 5.43. The van der Waals surface area contributed by atoms with E-state index in [1.165, 1.54) is 0 Å². The van der Waals surface area contributed by atoms with Crippen molar-refractivity contribution in [3.8, 4) is 0 Å². The van der Waals surface area contributed by atoms with E-state index in [1.54, 1.807) is 18.2 Å². The van der Waals surface area contributed by atoms with E-state index in [9.17, 15) is 0 Å². The van der Waals surface area contributed by atoms with E-state index >= 15 is 0 Å². The Labute approximate surface area is 68.0 Å². The molecule has 0 aliphatic carbocycles. The second kappa shape index (κ2) is 7.09. The van der Waals surface area contributed by atoms with Crippen LogP contribution in [-0.4, -0.2) is 13.2 Å². The predicted octanol–water partition coefficient (Wildman–Crippen LogP) is 1.61. The number of hydrogen-bond acceptors (Lipinski definition) is 2. The SMILES string of the molecule is C=C/C=C(\C=C)OCCCN. The zero-order valence-electron chi connectivity index (χ0n) is 6.75. The lowest BCUT2D eigenvalue weighted by Crippen LogP contribution is -2.03. The van der Waals surface area contributed by atoms with Crippen molar-refractivity contribution in [3.05, 3.63) is 37.1 Å². The van der Waals surface area contributed by atoms with Crippen LogP contribution < -0.4 is 5.73 Å². The monoisotopic (exact) mass is 153 g/mol. The maximum atomic E-state index is 5.28. The van der Waals surface area contributed by atoms with E-state index in [-0.39, 0.29) is 0 Å². The largest absolute Gasteiger partial charge is 0.494 e. The molecular weight excluding hydrogens is 138 g/mol. The quantitative estimate of drug-likeness (QED) is 0.357. The van der Waals surface area contributed by atoms with E-state index in [0.29, 0.717) is 13.2 Å². The Kier molecular flexibility index (Phi) is 6.43. The Morgan fingerprint density at radius 1 is 1.45 bits per heavy atom. The molecule has 0 radical (unpaired) electrons. The molecule has 0 aromatic rings. The molecule has 0 unspecified atom stereocenters. The van der Waals surface area contributed by atoms with Gasteiger partial charge in [-0.1, -0.05) is 19.2 Å². The summed E-state index contributed by atoms with van der Waals surface area (Å²) in [6.45, 7) is 8.43. The van der Waals surface area contributed by atoms with Gasteiger partial charge in [-0.2, -0.15) is 0 Å². The minimum Gasteiger partial charge on any atom is -0.494 e. The van der Waals surface area contributed by atoms with Crippen molar-refractivity contribution in [3.63, 3.8) is 0 Å². The van der Waals surface area contributed by atoms with Gasteiger partial charge < -0.3 is 10.5 Å². The number of allylic oxidation sites excluding steroid dienone is 3. The molecule has 0 rings (SSSR count). The van der Waals surface area contributed by atoms with E-state index in [2.05, 4.69) is 13.2 Å². The first-order valence-electron chi connectivity index (χ1n) is 3.63. The van der Waals surface area contributed by atoms with Crippen LogP contribution in [-0.2, 0) is 4.74 Å². The fraction of sp³-hybridized carbons (Fsp3) is 0.333. The standard InChI is InChI=1S/C9H15NO/c1-3-6-9(4-2)11-8-5-7-10/h3-4,6H,1-2,5,7-8,10H2/b9-6+. The number of hydrogen-bond donors (Lipinski definition) is 1. The molecule has 0 amide bonds. The lowest BCUT2D eigenvalue weighted by atomic mass is 10.4. The summed E-state index contributed by atoms with van der Waals surface area (Å²) in [5.74, 6) is 0.744. The number of nitrogens with two attached hydrogens (primary N) is 1. The van der Waals surface area contributed by atoms with Crippen LogP contribution in [0.5, 0.6) is 0 Å². The van der Waals surface area contributed by atoms with Gasteiger partial charge in [0.15, 0.2) is 0 Å². The topological polar surface area (TPSA) is 35.2 Å². The first kappa shape index (κ1) is 9.98. The Morgan fingerprint density at radius 2 is 2.18 bits per heavy atom. The van der Waals surface area contributed by atoms with E-state index in [4.69, 9.17) is 10.5 Å². The minimum atomic E-state index is 0.641. The fourth-order valence-corrected chi connectivity index (χ4v) is 0.565. The van der Waals surface area contributed by atoms with Gasteiger partial charge in [-0.3, -0.25) is 0 Å². The van der Waals surface area contributed by atoms with Gasteiger partial charge in [-0.25, -0.2) is 0 Å². The molecule has 0 spiro atoms. The molecule has 0 bridgehead atoms. The molecule has 2 nitrogen and oxygen atoms in total. The van der Waals surface area contributed by atoms with Gasteiger partial charge >= 0.3 is 0 Å². The van der Waals surface area contributed by atoms with Crippen molar-refractivity contribution in [2.75, 3.05) is 13.2 Å². The maximum absolute atomic E-state index is 5.28. The molecule has 0 aromatic carbocycles. The number of rotatable bonds is 6. The summed E-state index contributed by atoms with van der Waals surface area (Å²) in [6, 6.07) is 0. The molecule has 0 atom stereocenters. The highest BCUT2D eigenvalue weighted by Crippen LogP contribution is 1.98. The average molecular weight is 153 g/mol. The minimum absolute atomic E-state index is 0.641. The van der Waals surface area contributed by atoms with Crippen molar-refractivity contribution >= 4 is 0 Å². The van der Waals surface area contributed by atoms with E-state index in [0.717, 1.165) is 12.2 Å². The normalized spacial score (nSPS) is 10.8. The van der Waals surface area contributed by atoms with Crippen molar-refractivity contribution < 1.29 is 4.74 Å². The fourth-order valence-electron chi connectivity index (χ4n) is 0.565. The zero-order chi connectivity index (χ0) is 8.53. The molecule has 0 saturated carbocycles. The second-order valence-electron chi connectivity index (χ2n) is 2.00. The molecule has 62 valence electrons. The molecule has 0 saturated heterocycles. The van der Waals surface area contributed by atoms with Gasteiger partial charge in [0.05, 0.1) is 6.61 Å². The van der Waals surface area contributed by atoms with Crippen LogP contribution in [0.1, 0.15) is 6.42 Å². The Hall–Kier alpha value is -1.02. The van der Waals surface area contributed by atoms with Gasteiger partial charge in [-0.05, 0) is 25.1 Å². The highest BCUT2D eigenvalue weighted by molar-refractivity contribution is 5.14. The Balaban J connectivity index is 3.60. The molecule has 0 aromatic heterocycles. The lowest BCUT2D eigenvalue weighted by Gasteiger charge is -2.03. The van der Waals surface area contributed by atoms with Crippen LogP contribution in [0.2, 0.25) is 0 Å². The van der Waals surface area contributed by atoms with Gasteiger partial charge in [0.1, 0.15) is 5.76 Å². The zero-order valence-corrected chi connectivity index (χ0v) is 6.75. The second-order valence-corrected chi connectivity index (χ2v) is 2.00. The molecular formula is C9H15NO. The predicted molar refractivity (Wildman–Crippen MR) is 48.1 cm³/mol. The number of ether oxygens (including phenoxy) is 1. The first-order valence-corrected chi connectivity index (χ1v) is 3.63. The van der Waals surface area contributed by atoms with Crippen LogP contribution >= 0.6 is 0 Å². The lowest BCUT2D eigenvalue weighted by molar-refractivity contribution is 0.222. The third-order valence-corrected chi connectivity index (χ3v) is 1.10.